The molecule has 34 nitrogen and oxygen atoms in total. The first kappa shape index (κ1) is 87.7. The lowest BCUT2D eigenvalue weighted by molar-refractivity contribution is -0.0500. The first-order chi connectivity index (χ1) is 58.8. The van der Waals surface area contributed by atoms with Crippen LogP contribution in [0.3, 0.4) is 0 Å². The molecule has 0 unspecified atom stereocenters. The summed E-state index contributed by atoms with van der Waals surface area (Å²) in [6.45, 7) is 12.6. The summed E-state index contributed by atoms with van der Waals surface area (Å²) in [7, 11) is -6.27. The number of alkyl halides is 3. The standard InChI is InChI=1S/C25H25N5O4.C22H21N5O2.C19H16F3N3O7S.C18H17N3O5/c1-3-33-25(32)21-22(27-13-11-18-10-7-12-26-14-18)20-17(2)28-16-29-23(20)30(24(21)31)34-15-19-8-5-4-6-9-19;1-16-21-19(24-11-9-17-8-5-10-23-13-17)12-20(28)27(22(21)26-15-25-16)29-14-18-6-3-2-4-7-18;1-3-30-18(27)14-15(32-33(28,29)19(20,21)22)13-11(2)23-10-24-16(13)25(17(14)26)31-9-12-7-5-4-6-8-12;1-3-25-18(24)14-15(22)13-11(2)19-10-20-16(13)21(17(14)23)26-9-12-7-5-4-6-8-12/h4-10,12,14,16,27H,3,11,13,15H2,1-2H3;2-8,10,12-13,15,24H,9,11,14H2,1H3;4-8,10H,3,9H2,1-2H3;4-8,10,22H,3,9H2,1-2H3. The molecule has 0 spiro atoms. The number of aromatic hydroxyl groups is 1. The molecule has 0 saturated carbocycles. The molecule has 0 aliphatic heterocycles. The predicted octanol–water partition coefficient (Wildman–Crippen LogP) is 9.48. The molecule has 0 saturated heterocycles. The fourth-order valence-electron chi connectivity index (χ4n) is 12.1. The van der Waals surface area contributed by atoms with Crippen molar-refractivity contribution in [3.8, 4) is 11.5 Å². The Morgan fingerprint density at radius 1 is 0.426 bits per heavy atom. The van der Waals surface area contributed by atoms with Crippen molar-refractivity contribution in [2.45, 2.75) is 93.2 Å². The second-order valence-electron chi connectivity index (χ2n) is 26.1. The van der Waals surface area contributed by atoms with E-state index < -0.39 is 83.9 Å². The van der Waals surface area contributed by atoms with Crippen LogP contribution in [0.5, 0.6) is 11.5 Å². The number of benzene rings is 4. The van der Waals surface area contributed by atoms with Gasteiger partial charge in [-0.25, -0.2) is 54.3 Å². The van der Waals surface area contributed by atoms with E-state index in [2.05, 4.69) is 64.7 Å². The van der Waals surface area contributed by atoms with Crippen LogP contribution in [-0.2, 0) is 63.6 Å². The zero-order valence-corrected chi connectivity index (χ0v) is 67.3. The van der Waals surface area contributed by atoms with Gasteiger partial charge in [0.25, 0.3) is 5.56 Å². The highest BCUT2D eigenvalue weighted by Gasteiger charge is 2.50. The summed E-state index contributed by atoms with van der Waals surface area (Å²) in [5.41, 5.74) is -2.22. The zero-order valence-electron chi connectivity index (χ0n) is 66.5. The summed E-state index contributed by atoms with van der Waals surface area (Å²) in [5.74, 6) is -4.81. The van der Waals surface area contributed by atoms with Crippen LogP contribution in [-0.4, -0.2) is 139 Å². The highest BCUT2D eigenvalue weighted by molar-refractivity contribution is 7.88. The van der Waals surface area contributed by atoms with Crippen LogP contribution >= 0.6 is 0 Å². The number of carbonyl (C=O) groups is 3. The van der Waals surface area contributed by atoms with Crippen LogP contribution in [0.2, 0.25) is 0 Å². The van der Waals surface area contributed by atoms with Crippen molar-refractivity contribution < 1.29 is 78.8 Å². The highest BCUT2D eigenvalue weighted by Crippen LogP contribution is 2.35. The largest absolute Gasteiger partial charge is 0.534 e. The number of pyridine rings is 6. The van der Waals surface area contributed by atoms with Gasteiger partial charge in [-0.05, 0) is 107 Å². The molecule has 0 fully saturated rings. The third-order valence-electron chi connectivity index (χ3n) is 17.8. The molecule has 0 aliphatic carbocycles. The second kappa shape index (κ2) is 40.8. The van der Waals surface area contributed by atoms with Crippen LogP contribution in [0.15, 0.2) is 221 Å². The van der Waals surface area contributed by atoms with Crippen molar-refractivity contribution in [1.82, 2.24) is 68.8 Å². The summed E-state index contributed by atoms with van der Waals surface area (Å²) in [5, 5.41) is 18.0. The molecule has 122 heavy (non-hydrogen) atoms. The van der Waals surface area contributed by atoms with Gasteiger partial charge in [0.1, 0.15) is 57.5 Å². The molecule has 10 heterocycles. The number of hydrogen-bond acceptors (Lipinski definition) is 30. The first-order valence-corrected chi connectivity index (χ1v) is 39.0. The van der Waals surface area contributed by atoms with Gasteiger partial charge in [-0.3, -0.25) is 29.1 Å². The normalized spacial score (nSPS) is 11.1. The number of hydrogen-bond donors (Lipinski definition) is 3. The van der Waals surface area contributed by atoms with E-state index in [4.69, 9.17) is 33.6 Å². The topological polar surface area (TPSA) is 420 Å². The van der Waals surface area contributed by atoms with Gasteiger partial charge < -0.3 is 53.5 Å². The molecule has 0 atom stereocenters. The predicted molar refractivity (Wildman–Crippen MR) is 439 cm³/mol. The van der Waals surface area contributed by atoms with Crippen molar-refractivity contribution in [3.05, 3.63) is 316 Å². The van der Waals surface area contributed by atoms with Gasteiger partial charge in [0.2, 0.25) is 0 Å². The van der Waals surface area contributed by atoms with E-state index in [0.29, 0.717) is 63.6 Å². The van der Waals surface area contributed by atoms with E-state index in [1.54, 1.807) is 76.6 Å². The fourth-order valence-corrected chi connectivity index (χ4v) is 12.5. The highest BCUT2D eigenvalue weighted by atomic mass is 32.2. The fraction of sp³-hybridized carbons (Fsp3) is 0.226. The minimum atomic E-state index is -6.27. The molecule has 38 heteroatoms. The lowest BCUT2D eigenvalue weighted by Gasteiger charge is -2.18. The Bertz CT molecular complexity index is 6430. The number of aryl methyl sites for hydroxylation is 4. The van der Waals surface area contributed by atoms with Crippen molar-refractivity contribution in [3.63, 3.8) is 0 Å². The Kier molecular flexibility index (Phi) is 29.4. The quantitative estimate of drug-likeness (QED) is 0.0178. The second-order valence-corrected chi connectivity index (χ2v) is 27.6. The molecular formula is C84H79F3N16O18S. The summed E-state index contributed by atoms with van der Waals surface area (Å²) >= 11 is 0. The maximum atomic E-state index is 13.5. The molecule has 10 aromatic heterocycles. The maximum absolute atomic E-state index is 13.5. The molecular weight excluding hydrogens is 1610 g/mol. The monoisotopic (exact) mass is 1690 g/mol. The van der Waals surface area contributed by atoms with Crippen LogP contribution in [0.1, 0.15) is 108 Å². The smallest absolute Gasteiger partial charge is 0.506 e. The number of rotatable bonds is 28. The number of esters is 3. The molecule has 14 rings (SSSR count). The van der Waals surface area contributed by atoms with E-state index in [-0.39, 0.29) is 79.7 Å². The summed E-state index contributed by atoms with van der Waals surface area (Å²) < 4.78 is 85.4. The van der Waals surface area contributed by atoms with Crippen molar-refractivity contribution in [2.24, 2.45) is 0 Å². The van der Waals surface area contributed by atoms with Crippen LogP contribution < -0.4 is 56.4 Å². The molecule has 4 aromatic carbocycles. The van der Waals surface area contributed by atoms with E-state index >= 15 is 0 Å². The summed E-state index contributed by atoms with van der Waals surface area (Å²) in [6.07, 6.45) is 13.5. The Hall–Kier alpha value is -15.1. The number of anilines is 2. The van der Waals surface area contributed by atoms with Gasteiger partial charge in [-0.2, -0.15) is 21.6 Å². The van der Waals surface area contributed by atoms with Gasteiger partial charge in [0, 0.05) is 43.9 Å². The number of nitrogens with zero attached hydrogens (tertiary/aromatic N) is 14. The Morgan fingerprint density at radius 3 is 1.19 bits per heavy atom. The molecule has 14 aromatic rings. The Morgan fingerprint density at radius 2 is 0.770 bits per heavy atom. The minimum Gasteiger partial charge on any atom is -0.506 e. The molecule has 630 valence electrons. The van der Waals surface area contributed by atoms with Crippen LogP contribution in [0, 0.1) is 27.7 Å². The van der Waals surface area contributed by atoms with Gasteiger partial charge >= 0.3 is 50.2 Å². The van der Waals surface area contributed by atoms with Crippen molar-refractivity contribution >= 4 is 83.5 Å². The van der Waals surface area contributed by atoms with E-state index in [1.807, 2.05) is 128 Å². The summed E-state index contributed by atoms with van der Waals surface area (Å²) in [6, 6.07) is 46.1. The summed E-state index contributed by atoms with van der Waals surface area (Å²) in [4.78, 5) is 154. The Labute approximate surface area is 692 Å². The lowest BCUT2D eigenvalue weighted by Crippen LogP contribution is -2.35. The maximum Gasteiger partial charge on any atom is 0.534 e. The number of halogens is 3. The molecule has 0 amide bonds. The SMILES string of the molecule is CCOC(=O)c1c(NCCc2cccnc2)c2c(C)ncnc2n(OCc2ccccc2)c1=O.CCOC(=O)c1c(O)c2c(C)ncnc2n(OCc2ccccc2)c1=O.CCOC(=O)c1c(OS(=O)(=O)C(F)(F)F)c2c(C)ncnc2n(OCc2ccccc2)c1=O.Cc1ncnc2c1c(NCCc1cccnc1)cc(=O)n2OCc1ccccc1. The Balaban J connectivity index is 0.000000159. The average molecular weight is 1690 g/mol. The lowest BCUT2D eigenvalue weighted by atomic mass is 10.1. The van der Waals surface area contributed by atoms with Crippen LogP contribution in [0.25, 0.3) is 44.1 Å². The number of nitrogens with one attached hydrogen (secondary N) is 2. The number of aromatic nitrogens is 14. The van der Waals surface area contributed by atoms with Gasteiger partial charge in [0.15, 0.2) is 45.0 Å². The molecule has 0 radical (unpaired) electrons. The van der Waals surface area contributed by atoms with Crippen molar-refractivity contribution in [1.29, 1.82) is 0 Å². The van der Waals surface area contributed by atoms with E-state index in [0.717, 1.165) is 61.1 Å². The van der Waals surface area contributed by atoms with Gasteiger partial charge in [-0.1, -0.05) is 133 Å². The number of ether oxygens (including phenoxy) is 3. The molecule has 0 bridgehead atoms. The third kappa shape index (κ3) is 21.1. The first-order valence-electron chi connectivity index (χ1n) is 37.6. The molecule has 0 aliphatic rings. The zero-order chi connectivity index (χ0) is 87.0. The molecule has 3 N–H and O–H groups in total. The van der Waals surface area contributed by atoms with Crippen molar-refractivity contribution in [2.75, 3.05) is 43.5 Å². The third-order valence-corrected chi connectivity index (χ3v) is 18.8. The number of fused-ring (bicyclic) bond motifs is 4. The van der Waals surface area contributed by atoms with E-state index in [9.17, 15) is 60.3 Å². The average Bonchev–Trinajstić information content (AvgIpc) is 0.740. The van der Waals surface area contributed by atoms with E-state index in [1.165, 1.54) is 43.6 Å². The van der Waals surface area contributed by atoms with Gasteiger partial charge in [-0.15, -0.1) is 18.9 Å². The van der Waals surface area contributed by atoms with Gasteiger partial charge in [0.05, 0.1) is 75.5 Å². The van der Waals surface area contributed by atoms with Crippen LogP contribution in [0.4, 0.5) is 24.5 Å². The minimum absolute atomic E-state index is 0.0604. The number of carbonyl (C=O) groups excluding carboxylic acids is 3.